The van der Waals surface area contributed by atoms with Crippen LogP contribution in [0.5, 0.6) is 0 Å². The van der Waals surface area contributed by atoms with E-state index in [0.717, 1.165) is 19.5 Å². The number of aryl methyl sites for hydroxylation is 1. The van der Waals surface area contributed by atoms with Gasteiger partial charge in [0.15, 0.2) is 0 Å². The molecular formula is C12H22N4. The van der Waals surface area contributed by atoms with Crippen LogP contribution >= 0.6 is 0 Å². The molecule has 90 valence electrons. The lowest BCUT2D eigenvalue weighted by Crippen LogP contribution is -2.37. The molecule has 0 amide bonds. The first-order valence-corrected chi connectivity index (χ1v) is 6.18. The highest BCUT2D eigenvalue weighted by atomic mass is 15.3. The Morgan fingerprint density at radius 2 is 2.31 bits per heavy atom. The summed E-state index contributed by atoms with van der Waals surface area (Å²) in [5.74, 6) is 0. The molecule has 0 aromatic carbocycles. The van der Waals surface area contributed by atoms with Gasteiger partial charge in [0, 0.05) is 31.4 Å². The minimum Gasteiger partial charge on any atom is -0.326 e. The molecule has 0 radical (unpaired) electrons. The fourth-order valence-corrected chi connectivity index (χ4v) is 2.67. The van der Waals surface area contributed by atoms with Crippen molar-refractivity contribution in [1.29, 1.82) is 0 Å². The number of nitrogens with zero attached hydrogens (tertiary/aromatic N) is 3. The first-order chi connectivity index (χ1) is 7.65. The van der Waals surface area contributed by atoms with Crippen LogP contribution in [0.4, 0.5) is 0 Å². The minimum atomic E-state index is 0.240. The van der Waals surface area contributed by atoms with Crippen LogP contribution in [0.3, 0.4) is 0 Å². The van der Waals surface area contributed by atoms with E-state index >= 15 is 0 Å². The van der Waals surface area contributed by atoms with Gasteiger partial charge in [-0.2, -0.15) is 5.10 Å². The molecule has 2 heterocycles. The Hall–Kier alpha value is -0.870. The zero-order valence-corrected chi connectivity index (χ0v) is 10.4. The van der Waals surface area contributed by atoms with Gasteiger partial charge in [-0.3, -0.25) is 9.58 Å². The van der Waals surface area contributed by atoms with E-state index < -0.39 is 0 Å². The highest BCUT2D eigenvalue weighted by Gasteiger charge is 2.35. The van der Waals surface area contributed by atoms with Crippen LogP contribution < -0.4 is 5.73 Å². The smallest absolute Gasteiger partial charge is 0.0673 e. The lowest BCUT2D eigenvalue weighted by Gasteiger charge is -2.30. The van der Waals surface area contributed by atoms with Crippen molar-refractivity contribution in [3.63, 3.8) is 0 Å². The van der Waals surface area contributed by atoms with Gasteiger partial charge in [0.25, 0.3) is 0 Å². The molecule has 0 bridgehead atoms. The van der Waals surface area contributed by atoms with Crippen LogP contribution in [-0.4, -0.2) is 33.3 Å². The zero-order valence-electron chi connectivity index (χ0n) is 10.4. The van der Waals surface area contributed by atoms with Crippen molar-refractivity contribution >= 4 is 0 Å². The first-order valence-electron chi connectivity index (χ1n) is 6.18. The summed E-state index contributed by atoms with van der Waals surface area (Å²) < 4.78 is 2.06. The number of rotatable bonds is 3. The second kappa shape index (κ2) is 4.55. The largest absolute Gasteiger partial charge is 0.326 e. The summed E-state index contributed by atoms with van der Waals surface area (Å²) in [6, 6.07) is 3.22. The minimum absolute atomic E-state index is 0.240. The maximum absolute atomic E-state index is 6.24. The SMILES string of the molecule is CCn1nccc1[C@H]1[C@H](N)CCN1C(C)C. The molecule has 4 nitrogen and oxygen atoms in total. The highest BCUT2D eigenvalue weighted by molar-refractivity contribution is 5.13. The number of hydrogen-bond donors (Lipinski definition) is 1. The van der Waals surface area contributed by atoms with E-state index in [-0.39, 0.29) is 6.04 Å². The van der Waals surface area contributed by atoms with Crippen molar-refractivity contribution in [2.75, 3.05) is 6.54 Å². The van der Waals surface area contributed by atoms with Crippen molar-refractivity contribution in [2.45, 2.75) is 51.9 Å². The Kier molecular flexibility index (Phi) is 3.30. The van der Waals surface area contributed by atoms with Crippen LogP contribution in [0.25, 0.3) is 0 Å². The fourth-order valence-electron chi connectivity index (χ4n) is 2.67. The maximum atomic E-state index is 6.24. The molecule has 1 aromatic heterocycles. The van der Waals surface area contributed by atoms with Crippen LogP contribution in [0.15, 0.2) is 12.3 Å². The quantitative estimate of drug-likeness (QED) is 0.840. The Bertz CT molecular complexity index is 345. The molecule has 1 aromatic rings. The zero-order chi connectivity index (χ0) is 11.7. The van der Waals surface area contributed by atoms with Crippen molar-refractivity contribution in [1.82, 2.24) is 14.7 Å². The molecule has 16 heavy (non-hydrogen) atoms. The van der Waals surface area contributed by atoms with Crippen molar-refractivity contribution in [2.24, 2.45) is 5.73 Å². The predicted octanol–water partition coefficient (Wildman–Crippen LogP) is 1.39. The monoisotopic (exact) mass is 222 g/mol. The van der Waals surface area contributed by atoms with Gasteiger partial charge in [-0.05, 0) is 33.3 Å². The molecule has 2 atom stereocenters. The van der Waals surface area contributed by atoms with Crippen molar-refractivity contribution in [3.05, 3.63) is 18.0 Å². The molecule has 1 saturated heterocycles. The molecule has 2 N–H and O–H groups in total. The van der Waals surface area contributed by atoms with Gasteiger partial charge in [-0.25, -0.2) is 0 Å². The standard InChI is InChI=1S/C12H22N4/c1-4-16-11(5-7-14-16)12-10(13)6-8-15(12)9(2)3/h5,7,9-10,12H,4,6,8,13H2,1-3H3/t10-,12-/m1/s1. The summed E-state index contributed by atoms with van der Waals surface area (Å²) in [7, 11) is 0. The third-order valence-corrected chi connectivity index (χ3v) is 3.50. The van der Waals surface area contributed by atoms with E-state index in [2.05, 4.69) is 41.5 Å². The Morgan fingerprint density at radius 3 is 2.94 bits per heavy atom. The topological polar surface area (TPSA) is 47.1 Å². The number of likely N-dealkylation sites (tertiary alicyclic amines) is 1. The van der Waals surface area contributed by atoms with Gasteiger partial charge in [0.05, 0.1) is 11.7 Å². The average Bonchev–Trinajstić information content (AvgIpc) is 2.82. The predicted molar refractivity (Wildman–Crippen MR) is 65.1 cm³/mol. The lowest BCUT2D eigenvalue weighted by molar-refractivity contribution is 0.190. The van der Waals surface area contributed by atoms with E-state index in [1.165, 1.54) is 5.69 Å². The lowest BCUT2D eigenvalue weighted by atomic mass is 10.1. The molecule has 4 heteroatoms. The van der Waals surface area contributed by atoms with Crippen LogP contribution in [0.2, 0.25) is 0 Å². The number of hydrogen-bond acceptors (Lipinski definition) is 3. The summed E-state index contributed by atoms with van der Waals surface area (Å²) >= 11 is 0. The van der Waals surface area contributed by atoms with Crippen LogP contribution in [0.1, 0.15) is 38.9 Å². The highest BCUT2D eigenvalue weighted by Crippen LogP contribution is 2.32. The van der Waals surface area contributed by atoms with E-state index in [4.69, 9.17) is 5.73 Å². The molecule has 1 fully saturated rings. The summed E-state index contributed by atoms with van der Waals surface area (Å²) in [4.78, 5) is 2.48. The second-order valence-electron chi connectivity index (χ2n) is 4.80. The molecule has 2 rings (SSSR count). The van der Waals surface area contributed by atoms with Gasteiger partial charge < -0.3 is 5.73 Å². The summed E-state index contributed by atoms with van der Waals surface area (Å²) in [6.07, 6.45) is 2.96. The average molecular weight is 222 g/mol. The van der Waals surface area contributed by atoms with Crippen molar-refractivity contribution in [3.8, 4) is 0 Å². The molecular weight excluding hydrogens is 200 g/mol. The van der Waals surface area contributed by atoms with Crippen LogP contribution in [0, 0.1) is 0 Å². The van der Waals surface area contributed by atoms with E-state index in [9.17, 15) is 0 Å². The molecule has 0 spiro atoms. The molecule has 1 aliphatic rings. The molecule has 0 saturated carbocycles. The number of nitrogens with two attached hydrogens (primary N) is 1. The second-order valence-corrected chi connectivity index (χ2v) is 4.80. The summed E-state index contributed by atoms with van der Waals surface area (Å²) in [5.41, 5.74) is 7.50. The van der Waals surface area contributed by atoms with Gasteiger partial charge in [0.1, 0.15) is 0 Å². The number of aromatic nitrogens is 2. The molecule has 0 aliphatic carbocycles. The molecule has 0 unspecified atom stereocenters. The molecule has 1 aliphatic heterocycles. The van der Waals surface area contributed by atoms with Gasteiger partial charge in [-0.15, -0.1) is 0 Å². The van der Waals surface area contributed by atoms with Crippen LogP contribution in [-0.2, 0) is 6.54 Å². The summed E-state index contributed by atoms with van der Waals surface area (Å²) in [6.45, 7) is 8.60. The Labute approximate surface area is 97.4 Å². The fraction of sp³-hybridized carbons (Fsp3) is 0.750. The van der Waals surface area contributed by atoms with E-state index in [0.29, 0.717) is 12.1 Å². The first kappa shape index (κ1) is 11.6. The van der Waals surface area contributed by atoms with Gasteiger partial charge in [-0.1, -0.05) is 0 Å². The van der Waals surface area contributed by atoms with E-state index in [1.54, 1.807) is 0 Å². The Morgan fingerprint density at radius 1 is 1.56 bits per heavy atom. The van der Waals surface area contributed by atoms with Crippen molar-refractivity contribution < 1.29 is 0 Å². The maximum Gasteiger partial charge on any atom is 0.0673 e. The normalized spacial score (nSPS) is 26.8. The summed E-state index contributed by atoms with van der Waals surface area (Å²) in [5, 5.41) is 4.34. The van der Waals surface area contributed by atoms with Gasteiger partial charge >= 0.3 is 0 Å². The third-order valence-electron chi connectivity index (χ3n) is 3.50. The Balaban J connectivity index is 2.30. The third kappa shape index (κ3) is 1.87. The van der Waals surface area contributed by atoms with Gasteiger partial charge in [0.2, 0.25) is 0 Å². The van der Waals surface area contributed by atoms with E-state index in [1.807, 2.05) is 6.20 Å².